The number of thiophene rings is 1. The van der Waals surface area contributed by atoms with Crippen LogP contribution in [0.1, 0.15) is 24.8 Å². The first kappa shape index (κ1) is 15.0. The van der Waals surface area contributed by atoms with Crippen LogP contribution in [0.3, 0.4) is 0 Å². The van der Waals surface area contributed by atoms with Crippen molar-refractivity contribution in [2.75, 3.05) is 6.54 Å². The second-order valence-electron chi connectivity index (χ2n) is 4.55. The van der Waals surface area contributed by atoms with Crippen LogP contribution < -0.4 is 5.73 Å². The first-order valence-corrected chi connectivity index (χ1v) is 8.96. The summed E-state index contributed by atoms with van der Waals surface area (Å²) in [6, 6.07) is 0.899. The summed E-state index contributed by atoms with van der Waals surface area (Å²) < 4.78 is 27.4. The average molecular weight is 367 g/mol. The highest BCUT2D eigenvalue weighted by Gasteiger charge is 2.37. The minimum atomic E-state index is -3.64. The van der Waals surface area contributed by atoms with Crippen molar-refractivity contribution in [3.63, 3.8) is 0 Å². The van der Waals surface area contributed by atoms with E-state index in [9.17, 15) is 13.2 Å². The van der Waals surface area contributed by atoms with Gasteiger partial charge in [-0.1, -0.05) is 6.42 Å². The number of nitrogens with zero attached hydrogens (tertiary/aromatic N) is 1. The number of primary amides is 1. The molecule has 1 aromatic rings. The Balaban J connectivity index is 2.39. The number of carbonyl (C=O) groups is 1. The molecule has 0 saturated carbocycles. The molecule has 19 heavy (non-hydrogen) atoms. The highest BCUT2D eigenvalue weighted by atomic mass is 79.9. The predicted molar refractivity (Wildman–Crippen MR) is 77.5 cm³/mol. The summed E-state index contributed by atoms with van der Waals surface area (Å²) in [6.45, 7) is 2.19. The Morgan fingerprint density at radius 3 is 2.74 bits per heavy atom. The monoisotopic (exact) mass is 366 g/mol. The van der Waals surface area contributed by atoms with Crippen LogP contribution in [0.25, 0.3) is 0 Å². The number of rotatable bonds is 3. The molecule has 1 fully saturated rings. The quantitative estimate of drug-likeness (QED) is 0.885. The van der Waals surface area contributed by atoms with Gasteiger partial charge in [0, 0.05) is 6.54 Å². The summed E-state index contributed by atoms with van der Waals surface area (Å²) in [5.41, 5.74) is 6.19. The molecule has 5 nitrogen and oxygen atoms in total. The van der Waals surface area contributed by atoms with E-state index in [2.05, 4.69) is 15.9 Å². The fourth-order valence-electron chi connectivity index (χ4n) is 2.15. The maximum Gasteiger partial charge on any atom is 0.253 e. The molecular weight excluding hydrogens is 352 g/mol. The molecule has 0 spiro atoms. The minimum absolute atomic E-state index is 0.255. The first-order chi connectivity index (χ1) is 8.84. The fourth-order valence-corrected chi connectivity index (χ4v) is 6.17. The van der Waals surface area contributed by atoms with Crippen molar-refractivity contribution in [3.8, 4) is 0 Å². The number of aryl methyl sites for hydroxylation is 1. The molecule has 1 atom stereocenters. The molecule has 106 valence electrons. The van der Waals surface area contributed by atoms with Gasteiger partial charge in [-0.25, -0.2) is 8.42 Å². The second-order valence-corrected chi connectivity index (χ2v) is 9.04. The van der Waals surface area contributed by atoms with Crippen LogP contribution in [0.5, 0.6) is 0 Å². The van der Waals surface area contributed by atoms with E-state index in [1.165, 1.54) is 4.31 Å². The van der Waals surface area contributed by atoms with Gasteiger partial charge >= 0.3 is 0 Å². The van der Waals surface area contributed by atoms with E-state index in [1.54, 1.807) is 6.07 Å². The van der Waals surface area contributed by atoms with E-state index >= 15 is 0 Å². The van der Waals surface area contributed by atoms with Crippen LogP contribution in [-0.4, -0.2) is 31.2 Å². The lowest BCUT2D eigenvalue weighted by Gasteiger charge is -2.32. The summed E-state index contributed by atoms with van der Waals surface area (Å²) in [5.74, 6) is -0.574. The number of hydrogen-bond donors (Lipinski definition) is 1. The molecule has 0 bridgehead atoms. The lowest BCUT2D eigenvalue weighted by molar-refractivity contribution is -0.122. The van der Waals surface area contributed by atoms with Crippen molar-refractivity contribution in [1.29, 1.82) is 0 Å². The van der Waals surface area contributed by atoms with E-state index in [1.807, 2.05) is 6.92 Å². The number of nitrogens with two attached hydrogens (primary N) is 1. The van der Waals surface area contributed by atoms with Gasteiger partial charge in [0.2, 0.25) is 5.91 Å². The second kappa shape index (κ2) is 5.51. The van der Waals surface area contributed by atoms with Crippen molar-refractivity contribution in [3.05, 3.63) is 15.4 Å². The van der Waals surface area contributed by atoms with Gasteiger partial charge in [-0.2, -0.15) is 4.31 Å². The predicted octanol–water partition coefficient (Wildman–Crippen LogP) is 1.85. The molecular formula is C11H15BrN2O3S2. The third kappa shape index (κ3) is 2.86. The molecule has 2 heterocycles. The lowest BCUT2D eigenvalue weighted by Crippen LogP contribution is -2.50. The third-order valence-corrected chi connectivity index (χ3v) is 7.67. The maximum absolute atomic E-state index is 12.6. The van der Waals surface area contributed by atoms with Gasteiger partial charge in [0.25, 0.3) is 10.0 Å². The smallest absolute Gasteiger partial charge is 0.253 e. The fraction of sp³-hybridized carbons (Fsp3) is 0.545. The van der Waals surface area contributed by atoms with Crippen LogP contribution in [0.2, 0.25) is 0 Å². The third-order valence-electron chi connectivity index (χ3n) is 3.18. The molecule has 1 saturated heterocycles. The Morgan fingerprint density at radius 2 is 2.21 bits per heavy atom. The van der Waals surface area contributed by atoms with E-state index in [0.717, 1.165) is 33.5 Å². The molecule has 0 aliphatic carbocycles. The van der Waals surface area contributed by atoms with Crippen LogP contribution in [0.15, 0.2) is 14.1 Å². The topological polar surface area (TPSA) is 80.5 Å². The van der Waals surface area contributed by atoms with Crippen LogP contribution in [0.4, 0.5) is 0 Å². The molecule has 1 aromatic heterocycles. The Morgan fingerprint density at radius 1 is 1.53 bits per heavy atom. The van der Waals surface area contributed by atoms with E-state index in [0.29, 0.717) is 13.0 Å². The van der Waals surface area contributed by atoms with Crippen LogP contribution in [-0.2, 0) is 14.8 Å². The number of halogens is 1. The molecule has 1 aliphatic rings. The van der Waals surface area contributed by atoms with Crippen molar-refractivity contribution < 1.29 is 13.2 Å². The number of amides is 1. The van der Waals surface area contributed by atoms with E-state index < -0.39 is 22.0 Å². The molecule has 1 aliphatic heterocycles. The summed E-state index contributed by atoms with van der Waals surface area (Å²) >= 11 is 4.48. The average Bonchev–Trinajstić information content (AvgIpc) is 2.70. The summed E-state index contributed by atoms with van der Waals surface area (Å²) in [7, 11) is -3.64. The summed E-state index contributed by atoms with van der Waals surface area (Å²) in [4.78, 5) is 11.4. The van der Waals surface area contributed by atoms with Crippen LogP contribution in [0, 0.1) is 6.92 Å². The molecule has 1 unspecified atom stereocenters. The molecule has 0 radical (unpaired) electrons. The number of carbonyl (C=O) groups excluding carboxylic acids is 1. The Labute approximate surface area is 125 Å². The standard InChI is InChI=1S/C11H15BrN2O3S2/c1-7-6-9(18-10(7)12)19(16,17)14-5-3-2-4-8(14)11(13)15/h6,8H,2-5H2,1H3,(H2,13,15). The zero-order valence-electron chi connectivity index (χ0n) is 10.4. The Bertz CT molecular complexity index is 578. The lowest BCUT2D eigenvalue weighted by atomic mass is 10.0. The Hall–Kier alpha value is -0.440. The summed E-state index contributed by atoms with van der Waals surface area (Å²) in [5, 5.41) is 0. The van der Waals surface area contributed by atoms with Gasteiger partial charge < -0.3 is 5.73 Å². The highest BCUT2D eigenvalue weighted by molar-refractivity contribution is 9.11. The van der Waals surface area contributed by atoms with E-state index in [4.69, 9.17) is 5.73 Å². The van der Waals surface area contributed by atoms with Gasteiger partial charge in [0.15, 0.2) is 0 Å². The van der Waals surface area contributed by atoms with E-state index in [-0.39, 0.29) is 4.21 Å². The molecule has 1 amide bonds. The normalized spacial score (nSPS) is 21.5. The number of piperidine rings is 1. The highest BCUT2D eigenvalue weighted by Crippen LogP contribution is 2.34. The molecule has 0 aromatic carbocycles. The number of hydrogen-bond acceptors (Lipinski definition) is 4. The van der Waals surface area contributed by atoms with Gasteiger partial charge in [-0.15, -0.1) is 11.3 Å². The van der Waals surface area contributed by atoms with Gasteiger partial charge in [-0.3, -0.25) is 4.79 Å². The van der Waals surface area contributed by atoms with Crippen molar-refractivity contribution in [2.45, 2.75) is 36.4 Å². The SMILES string of the molecule is Cc1cc(S(=O)(=O)N2CCCCC2C(N)=O)sc1Br. The summed E-state index contributed by atoms with van der Waals surface area (Å²) in [6.07, 6.45) is 2.08. The molecule has 2 N–H and O–H groups in total. The minimum Gasteiger partial charge on any atom is -0.368 e. The largest absolute Gasteiger partial charge is 0.368 e. The maximum atomic E-state index is 12.6. The van der Waals surface area contributed by atoms with Gasteiger partial charge in [0.05, 0.1) is 3.79 Å². The zero-order chi connectivity index (χ0) is 14.2. The van der Waals surface area contributed by atoms with Crippen LogP contribution >= 0.6 is 27.3 Å². The van der Waals surface area contributed by atoms with Gasteiger partial charge in [0.1, 0.15) is 10.3 Å². The van der Waals surface area contributed by atoms with Gasteiger partial charge in [-0.05, 0) is 47.3 Å². The van der Waals surface area contributed by atoms with Crippen molar-refractivity contribution in [2.24, 2.45) is 5.73 Å². The van der Waals surface area contributed by atoms with Crippen molar-refractivity contribution in [1.82, 2.24) is 4.31 Å². The first-order valence-electron chi connectivity index (χ1n) is 5.91. The zero-order valence-corrected chi connectivity index (χ0v) is 13.6. The molecule has 8 heteroatoms. The van der Waals surface area contributed by atoms with Crippen molar-refractivity contribution >= 4 is 43.2 Å². The number of sulfonamides is 1. The molecule has 2 rings (SSSR count). The Kier molecular flexibility index (Phi) is 4.34.